The molecule has 2 aliphatic heterocycles. The molecule has 5 N–H and O–H groups in total. The summed E-state index contributed by atoms with van der Waals surface area (Å²) in [5.41, 5.74) is -1.13. The zero-order valence-electron chi connectivity index (χ0n) is 20.0. The van der Waals surface area contributed by atoms with Crippen LogP contribution in [0.4, 0.5) is 0 Å². The molecule has 2 aliphatic rings. The Morgan fingerprint density at radius 1 is 1.17 bits per heavy atom. The van der Waals surface area contributed by atoms with Gasteiger partial charge in [-0.1, -0.05) is 0 Å². The monoisotopic (exact) mass is 559 g/mol. The van der Waals surface area contributed by atoms with E-state index in [1.54, 1.807) is 19.0 Å². The molecule has 0 saturated carbocycles. The highest BCUT2D eigenvalue weighted by Gasteiger charge is 2.44. The average molecular weight is 559 g/mol. The molecule has 16 nitrogen and oxygen atoms in total. The predicted molar refractivity (Wildman–Crippen MR) is 121 cm³/mol. The lowest BCUT2D eigenvalue weighted by Gasteiger charge is -2.40. The number of hydrogen-bond donors (Lipinski definition) is 5. The van der Waals surface area contributed by atoms with E-state index in [0.717, 1.165) is 4.57 Å². The standard InChI is InChI=1S/C18H31N3O13P2/c1-9-7-21(18(25)19-17(9)24)14-6-12(22)13(32-14)8-30-35(26,27)34-36(28,29)33-15-5-11(20(3)4)16(23)10(2)31-15/h7,10-16,22-23H,5-6,8H2,1-4H3,(H,26,27)(H,28,29)(H,19,24,25)/t10-,11-,12-,13+,14+,15+,16+/m0/s1. The van der Waals surface area contributed by atoms with Gasteiger partial charge in [0, 0.05) is 30.6 Å². The Kier molecular flexibility index (Phi) is 9.14. The normalized spacial score (nSPS) is 34.4. The molecule has 3 heterocycles. The molecule has 36 heavy (non-hydrogen) atoms. The molecule has 0 amide bonds. The molecular weight excluding hydrogens is 528 g/mol. The van der Waals surface area contributed by atoms with Crippen LogP contribution in [0.5, 0.6) is 0 Å². The summed E-state index contributed by atoms with van der Waals surface area (Å²) in [6, 6.07) is -0.483. The van der Waals surface area contributed by atoms with Crippen molar-refractivity contribution in [1.82, 2.24) is 14.5 Å². The van der Waals surface area contributed by atoms with Gasteiger partial charge in [0.2, 0.25) is 0 Å². The number of nitrogens with zero attached hydrogens (tertiary/aromatic N) is 2. The SMILES string of the molecule is Cc1cn([C@H]2C[C@H](O)[C@@H](COP(=O)(O)OP(=O)(O)O[C@@H]3C[C@H](N(C)C)[C@H](O)[C@H](C)O3)O2)c(=O)[nH]c1=O. The molecule has 1 aromatic rings. The number of rotatable bonds is 9. The number of likely N-dealkylation sites (N-methyl/N-ethyl adjacent to an activating group) is 1. The van der Waals surface area contributed by atoms with E-state index in [2.05, 4.69) is 9.29 Å². The van der Waals surface area contributed by atoms with Crippen molar-refractivity contribution in [2.45, 2.75) is 69.7 Å². The second-order valence-electron chi connectivity index (χ2n) is 8.86. The third-order valence-corrected chi connectivity index (χ3v) is 8.49. The van der Waals surface area contributed by atoms with Gasteiger partial charge in [0.25, 0.3) is 5.56 Å². The minimum atomic E-state index is -5.20. The van der Waals surface area contributed by atoms with Crippen molar-refractivity contribution in [2.75, 3.05) is 20.7 Å². The lowest BCUT2D eigenvalue weighted by atomic mass is 9.99. The number of aromatic nitrogens is 2. The Morgan fingerprint density at radius 3 is 2.47 bits per heavy atom. The molecule has 0 aliphatic carbocycles. The van der Waals surface area contributed by atoms with Crippen LogP contribution >= 0.6 is 15.6 Å². The average Bonchev–Trinajstić information content (AvgIpc) is 3.10. The van der Waals surface area contributed by atoms with Crippen LogP contribution < -0.4 is 11.2 Å². The van der Waals surface area contributed by atoms with Crippen molar-refractivity contribution in [1.29, 1.82) is 0 Å². The third-order valence-electron chi connectivity index (χ3n) is 5.86. The molecule has 2 saturated heterocycles. The van der Waals surface area contributed by atoms with Crippen molar-refractivity contribution >= 4 is 15.6 Å². The van der Waals surface area contributed by atoms with Crippen LogP contribution in [0.25, 0.3) is 0 Å². The highest BCUT2D eigenvalue weighted by Crippen LogP contribution is 2.61. The molecule has 206 valence electrons. The number of H-pyrrole nitrogens is 1. The van der Waals surface area contributed by atoms with Crippen molar-refractivity contribution in [3.8, 4) is 0 Å². The molecule has 0 spiro atoms. The molecule has 2 unspecified atom stereocenters. The maximum absolute atomic E-state index is 12.4. The van der Waals surface area contributed by atoms with Crippen LogP contribution in [-0.4, -0.2) is 91.9 Å². The third kappa shape index (κ3) is 7.19. The van der Waals surface area contributed by atoms with Crippen LogP contribution in [0.15, 0.2) is 15.8 Å². The van der Waals surface area contributed by atoms with Crippen LogP contribution in [0, 0.1) is 6.92 Å². The first kappa shape index (κ1) is 29.3. The fourth-order valence-electron chi connectivity index (χ4n) is 3.93. The maximum Gasteiger partial charge on any atom is 0.483 e. The molecule has 0 aromatic carbocycles. The van der Waals surface area contributed by atoms with Gasteiger partial charge in [-0.2, -0.15) is 4.31 Å². The number of phosphoric acid groups is 2. The van der Waals surface area contributed by atoms with Crippen LogP contribution in [-0.2, 0) is 32.0 Å². The van der Waals surface area contributed by atoms with Gasteiger partial charge >= 0.3 is 21.3 Å². The van der Waals surface area contributed by atoms with Gasteiger partial charge in [-0.25, -0.2) is 13.9 Å². The first-order valence-corrected chi connectivity index (χ1v) is 13.9. The Labute approximate surface area is 205 Å². The summed E-state index contributed by atoms with van der Waals surface area (Å²) in [6.07, 6.45) is -5.33. The van der Waals surface area contributed by atoms with E-state index in [4.69, 9.17) is 18.5 Å². The fourth-order valence-corrected chi connectivity index (χ4v) is 6.09. The van der Waals surface area contributed by atoms with Crippen LogP contribution in [0.1, 0.15) is 31.6 Å². The summed E-state index contributed by atoms with van der Waals surface area (Å²) in [5.74, 6) is 0. The second-order valence-corrected chi connectivity index (χ2v) is 11.9. The van der Waals surface area contributed by atoms with Crippen molar-refractivity contribution in [2.24, 2.45) is 0 Å². The van der Waals surface area contributed by atoms with Crippen molar-refractivity contribution in [3.05, 3.63) is 32.6 Å². The van der Waals surface area contributed by atoms with E-state index < -0.39 is 76.5 Å². The first-order chi connectivity index (χ1) is 16.6. The molecule has 18 heteroatoms. The summed E-state index contributed by atoms with van der Waals surface area (Å²) in [4.78, 5) is 47.3. The van der Waals surface area contributed by atoms with E-state index in [-0.39, 0.29) is 18.4 Å². The molecule has 9 atom stereocenters. The molecule has 2 fully saturated rings. The number of aryl methyl sites for hydroxylation is 1. The largest absolute Gasteiger partial charge is 0.483 e. The zero-order chi connectivity index (χ0) is 27.0. The highest BCUT2D eigenvalue weighted by molar-refractivity contribution is 7.61. The van der Waals surface area contributed by atoms with Gasteiger partial charge in [-0.3, -0.25) is 23.4 Å². The first-order valence-electron chi connectivity index (χ1n) is 10.9. The lowest BCUT2D eigenvalue weighted by Crippen LogP contribution is -2.53. The smallest absolute Gasteiger partial charge is 0.390 e. The van der Waals surface area contributed by atoms with Crippen molar-refractivity contribution < 1.29 is 52.0 Å². The van der Waals surface area contributed by atoms with E-state index >= 15 is 0 Å². The highest BCUT2D eigenvalue weighted by atomic mass is 31.3. The summed E-state index contributed by atoms with van der Waals surface area (Å²) >= 11 is 0. The molecule has 3 rings (SSSR count). The Hall–Kier alpha value is -1.26. The number of aliphatic hydroxyl groups excluding tert-OH is 2. The van der Waals surface area contributed by atoms with Gasteiger partial charge in [-0.05, 0) is 27.9 Å². The fraction of sp³-hybridized carbons (Fsp3) is 0.778. The number of aliphatic hydroxyl groups is 2. The second kappa shape index (κ2) is 11.2. The topological polar surface area (TPSA) is 219 Å². The van der Waals surface area contributed by atoms with Gasteiger partial charge in [0.15, 0.2) is 6.29 Å². The summed E-state index contributed by atoms with van der Waals surface area (Å²) in [6.45, 7) is 2.26. The Balaban J connectivity index is 1.57. The van der Waals surface area contributed by atoms with Crippen LogP contribution in [0.2, 0.25) is 0 Å². The molecule has 0 bridgehead atoms. The number of hydrogen-bond acceptors (Lipinski definition) is 12. The molecule has 1 aromatic heterocycles. The quantitative estimate of drug-likeness (QED) is 0.233. The van der Waals surface area contributed by atoms with E-state index in [1.165, 1.54) is 20.0 Å². The lowest BCUT2D eigenvalue weighted by molar-refractivity contribution is -0.206. The Morgan fingerprint density at radius 2 is 1.83 bits per heavy atom. The van der Waals surface area contributed by atoms with Gasteiger partial charge in [0.05, 0.1) is 24.9 Å². The number of aromatic amines is 1. The van der Waals surface area contributed by atoms with E-state index in [9.17, 15) is 38.7 Å². The van der Waals surface area contributed by atoms with Gasteiger partial charge in [0.1, 0.15) is 12.3 Å². The maximum atomic E-state index is 12.4. The molecular formula is C18H31N3O13P2. The summed E-state index contributed by atoms with van der Waals surface area (Å²) in [5, 5.41) is 20.4. The van der Waals surface area contributed by atoms with Gasteiger partial charge in [-0.15, -0.1) is 0 Å². The zero-order valence-corrected chi connectivity index (χ0v) is 21.8. The number of ether oxygens (including phenoxy) is 2. The number of phosphoric ester groups is 2. The van der Waals surface area contributed by atoms with E-state index in [1.807, 2.05) is 0 Å². The van der Waals surface area contributed by atoms with Crippen LogP contribution in [0.3, 0.4) is 0 Å². The van der Waals surface area contributed by atoms with Gasteiger partial charge < -0.3 is 34.4 Å². The molecule has 0 radical (unpaired) electrons. The van der Waals surface area contributed by atoms with Crippen molar-refractivity contribution in [3.63, 3.8) is 0 Å². The predicted octanol–water partition coefficient (Wildman–Crippen LogP) is -0.830. The summed E-state index contributed by atoms with van der Waals surface area (Å²) in [7, 11) is -7.01. The summed E-state index contributed by atoms with van der Waals surface area (Å²) < 4.78 is 50.5. The van der Waals surface area contributed by atoms with E-state index in [0.29, 0.717) is 0 Å². The number of nitrogens with one attached hydrogen (secondary N) is 1. The Bertz CT molecular complexity index is 1140. The minimum absolute atomic E-state index is 0.0317. The minimum Gasteiger partial charge on any atom is -0.390 e.